The molecule has 164 valence electrons. The SMILES string of the molecule is N#C[C@@H]1CCCN1C(=O)[C@@H](N)CN1CC2C[C@@H]1C(=O)N2[C@H](c1ccc(F)cc1)C1CC1. The summed E-state index contributed by atoms with van der Waals surface area (Å²) in [4.78, 5) is 31.7. The Labute approximate surface area is 181 Å². The molecule has 0 spiro atoms. The molecule has 1 aliphatic carbocycles. The maximum absolute atomic E-state index is 13.4. The van der Waals surface area contributed by atoms with E-state index in [9.17, 15) is 19.2 Å². The number of nitriles is 1. The van der Waals surface area contributed by atoms with Gasteiger partial charge in [0.25, 0.3) is 0 Å². The molecule has 0 aromatic heterocycles. The molecule has 1 unspecified atom stereocenters. The molecule has 4 aliphatic rings. The lowest BCUT2D eigenvalue weighted by atomic mass is 9.99. The van der Waals surface area contributed by atoms with E-state index >= 15 is 0 Å². The number of amides is 2. The first kappa shape index (κ1) is 20.4. The molecule has 5 rings (SSSR count). The van der Waals surface area contributed by atoms with Crippen molar-refractivity contribution in [1.29, 1.82) is 5.26 Å². The van der Waals surface area contributed by atoms with Crippen LogP contribution in [0.4, 0.5) is 4.39 Å². The number of halogens is 1. The Morgan fingerprint density at radius 3 is 2.65 bits per heavy atom. The highest BCUT2D eigenvalue weighted by molar-refractivity contribution is 5.87. The van der Waals surface area contributed by atoms with Gasteiger partial charge in [-0.25, -0.2) is 4.39 Å². The van der Waals surface area contributed by atoms with Crippen LogP contribution < -0.4 is 5.73 Å². The van der Waals surface area contributed by atoms with E-state index in [4.69, 9.17) is 5.73 Å². The van der Waals surface area contributed by atoms with E-state index in [-0.39, 0.29) is 41.8 Å². The molecule has 0 radical (unpaired) electrons. The van der Waals surface area contributed by atoms with Crippen LogP contribution in [0, 0.1) is 23.1 Å². The van der Waals surface area contributed by atoms with Crippen molar-refractivity contribution in [2.45, 2.75) is 62.3 Å². The van der Waals surface area contributed by atoms with Crippen LogP contribution in [0.2, 0.25) is 0 Å². The molecule has 7 nitrogen and oxygen atoms in total. The molecule has 8 heteroatoms. The van der Waals surface area contributed by atoms with Gasteiger partial charge in [-0.05, 0) is 55.7 Å². The number of nitrogens with two attached hydrogens (primary N) is 1. The van der Waals surface area contributed by atoms with Gasteiger partial charge in [0.15, 0.2) is 0 Å². The molecular weight excluding hydrogens is 397 g/mol. The van der Waals surface area contributed by atoms with Crippen molar-refractivity contribution < 1.29 is 14.0 Å². The van der Waals surface area contributed by atoms with Gasteiger partial charge in [0.05, 0.1) is 24.2 Å². The monoisotopic (exact) mass is 425 g/mol. The number of hydrogen-bond acceptors (Lipinski definition) is 5. The fourth-order valence-corrected chi connectivity index (χ4v) is 5.70. The van der Waals surface area contributed by atoms with Crippen molar-refractivity contribution in [3.8, 4) is 6.07 Å². The molecule has 2 amide bonds. The quantitative estimate of drug-likeness (QED) is 0.744. The summed E-state index contributed by atoms with van der Waals surface area (Å²) >= 11 is 0. The number of rotatable bonds is 6. The molecule has 3 saturated heterocycles. The summed E-state index contributed by atoms with van der Waals surface area (Å²) in [5.74, 6) is 0.0599. The minimum Gasteiger partial charge on any atom is -0.330 e. The Morgan fingerprint density at radius 2 is 2.00 bits per heavy atom. The van der Waals surface area contributed by atoms with Gasteiger partial charge in [0.2, 0.25) is 11.8 Å². The van der Waals surface area contributed by atoms with Gasteiger partial charge in [-0.15, -0.1) is 0 Å². The molecule has 2 bridgehead atoms. The zero-order valence-corrected chi connectivity index (χ0v) is 17.5. The number of benzene rings is 1. The fraction of sp³-hybridized carbons (Fsp3) is 0.609. The Kier molecular flexibility index (Phi) is 5.19. The Morgan fingerprint density at radius 1 is 1.26 bits per heavy atom. The van der Waals surface area contributed by atoms with E-state index in [1.165, 1.54) is 12.1 Å². The molecule has 1 aromatic carbocycles. The molecule has 5 atom stereocenters. The van der Waals surface area contributed by atoms with Gasteiger partial charge in [-0.3, -0.25) is 14.5 Å². The van der Waals surface area contributed by atoms with Crippen LogP contribution in [0.1, 0.15) is 43.7 Å². The number of carbonyl (C=O) groups is 2. The lowest BCUT2D eigenvalue weighted by Crippen LogP contribution is -2.57. The smallest absolute Gasteiger partial charge is 0.241 e. The molecule has 3 heterocycles. The highest BCUT2D eigenvalue weighted by atomic mass is 19.1. The molecule has 1 saturated carbocycles. The topological polar surface area (TPSA) is 93.7 Å². The normalized spacial score (nSPS) is 30.0. The number of piperazine rings is 1. The van der Waals surface area contributed by atoms with Crippen molar-refractivity contribution in [2.75, 3.05) is 19.6 Å². The Balaban J connectivity index is 1.26. The first-order valence-corrected chi connectivity index (χ1v) is 11.3. The molecular formula is C23H28FN5O2. The number of likely N-dealkylation sites (tertiary alicyclic amines) is 3. The predicted octanol–water partition coefficient (Wildman–Crippen LogP) is 1.40. The molecule has 31 heavy (non-hydrogen) atoms. The van der Waals surface area contributed by atoms with Crippen LogP contribution in [-0.4, -0.2) is 70.3 Å². The second kappa shape index (κ2) is 7.88. The van der Waals surface area contributed by atoms with Gasteiger partial charge < -0.3 is 15.5 Å². The lowest BCUT2D eigenvalue weighted by molar-refractivity contribution is -0.141. The summed E-state index contributed by atoms with van der Waals surface area (Å²) in [6.07, 6.45) is 4.44. The van der Waals surface area contributed by atoms with Crippen LogP contribution in [0.25, 0.3) is 0 Å². The van der Waals surface area contributed by atoms with Gasteiger partial charge in [0.1, 0.15) is 11.9 Å². The van der Waals surface area contributed by atoms with Crippen LogP contribution in [-0.2, 0) is 9.59 Å². The first-order chi connectivity index (χ1) is 15.0. The largest absolute Gasteiger partial charge is 0.330 e. The van der Waals surface area contributed by atoms with Crippen molar-refractivity contribution in [3.63, 3.8) is 0 Å². The second-order valence-electron chi connectivity index (χ2n) is 9.36. The summed E-state index contributed by atoms with van der Waals surface area (Å²) in [5.41, 5.74) is 7.23. The third-order valence-corrected chi connectivity index (χ3v) is 7.33. The third-order valence-electron chi connectivity index (χ3n) is 7.33. The van der Waals surface area contributed by atoms with Crippen LogP contribution in [0.15, 0.2) is 24.3 Å². The van der Waals surface area contributed by atoms with E-state index in [2.05, 4.69) is 6.07 Å². The predicted molar refractivity (Wildman–Crippen MR) is 111 cm³/mol. The Hall–Kier alpha value is -2.50. The van der Waals surface area contributed by atoms with Gasteiger partial charge >= 0.3 is 0 Å². The van der Waals surface area contributed by atoms with Crippen LogP contribution in [0.5, 0.6) is 0 Å². The standard InChI is InChI=1S/C23H28FN5O2/c24-16-7-5-15(6-8-16)21(14-3-4-14)29-18-10-20(23(29)31)27(12-18)13-19(26)22(30)28-9-1-2-17(28)11-25/h5-8,14,17-21H,1-4,9-10,12-13,26H2/t17-,18?,19-,20+,21-/m0/s1. The van der Waals surface area contributed by atoms with E-state index in [1.807, 2.05) is 9.80 Å². The van der Waals surface area contributed by atoms with Gasteiger partial charge in [-0.2, -0.15) is 5.26 Å². The van der Waals surface area contributed by atoms with E-state index in [0.29, 0.717) is 32.0 Å². The maximum Gasteiger partial charge on any atom is 0.241 e. The number of fused-ring (bicyclic) bond motifs is 2. The van der Waals surface area contributed by atoms with E-state index in [1.54, 1.807) is 17.0 Å². The van der Waals surface area contributed by atoms with Crippen molar-refractivity contribution in [1.82, 2.24) is 14.7 Å². The molecule has 1 aromatic rings. The highest BCUT2D eigenvalue weighted by Crippen LogP contribution is 2.49. The first-order valence-electron chi connectivity index (χ1n) is 11.3. The average Bonchev–Trinajstić information content (AvgIpc) is 3.20. The minimum atomic E-state index is -0.731. The van der Waals surface area contributed by atoms with Gasteiger partial charge in [-0.1, -0.05) is 12.1 Å². The van der Waals surface area contributed by atoms with Crippen molar-refractivity contribution >= 4 is 11.8 Å². The second-order valence-corrected chi connectivity index (χ2v) is 9.36. The Bertz CT molecular complexity index is 912. The molecule has 2 N–H and O–H groups in total. The zero-order chi connectivity index (χ0) is 21.7. The van der Waals surface area contributed by atoms with Crippen molar-refractivity contribution in [2.24, 2.45) is 11.7 Å². The molecule has 3 aliphatic heterocycles. The van der Waals surface area contributed by atoms with Crippen LogP contribution in [0.3, 0.4) is 0 Å². The van der Waals surface area contributed by atoms with E-state index in [0.717, 1.165) is 31.2 Å². The molecule has 4 fully saturated rings. The summed E-state index contributed by atoms with van der Waals surface area (Å²) in [7, 11) is 0. The minimum absolute atomic E-state index is 0.00143. The summed E-state index contributed by atoms with van der Waals surface area (Å²) in [6, 6.07) is 7.43. The summed E-state index contributed by atoms with van der Waals surface area (Å²) < 4.78 is 13.4. The number of carbonyl (C=O) groups excluding carboxylic acids is 2. The van der Waals surface area contributed by atoms with E-state index < -0.39 is 6.04 Å². The number of nitrogens with zero attached hydrogens (tertiary/aromatic N) is 4. The zero-order valence-electron chi connectivity index (χ0n) is 17.5. The summed E-state index contributed by atoms with van der Waals surface area (Å²) in [5, 5.41) is 9.25. The average molecular weight is 426 g/mol. The third kappa shape index (κ3) is 3.60. The lowest BCUT2D eigenvalue weighted by Gasteiger charge is -2.40. The fourth-order valence-electron chi connectivity index (χ4n) is 5.70. The maximum atomic E-state index is 13.4. The highest BCUT2D eigenvalue weighted by Gasteiger charge is 2.54. The number of hydrogen-bond donors (Lipinski definition) is 1. The van der Waals surface area contributed by atoms with Crippen molar-refractivity contribution in [3.05, 3.63) is 35.6 Å². The summed E-state index contributed by atoms with van der Waals surface area (Å²) in [6.45, 7) is 1.60. The van der Waals surface area contributed by atoms with Crippen LogP contribution >= 0.6 is 0 Å². The van der Waals surface area contributed by atoms with Gasteiger partial charge in [0, 0.05) is 25.7 Å².